The van der Waals surface area contributed by atoms with Gasteiger partial charge in [0.1, 0.15) is 0 Å². The first-order valence-corrected chi connectivity index (χ1v) is 16.1. The van der Waals surface area contributed by atoms with Gasteiger partial charge in [0.25, 0.3) is 6.71 Å². The molecule has 4 aliphatic rings. The van der Waals surface area contributed by atoms with Crippen LogP contribution in [0, 0.1) is 0 Å². The third kappa shape index (κ3) is 3.27. The zero-order valence-electron chi connectivity index (χ0n) is 25.2. The molecule has 0 fully saturated rings. The van der Waals surface area contributed by atoms with E-state index in [4.69, 9.17) is 9.47 Å². The number of benzene rings is 7. The van der Waals surface area contributed by atoms with Gasteiger partial charge in [-0.05, 0) is 70.0 Å². The maximum Gasteiger partial charge on any atom is 0.252 e. The van der Waals surface area contributed by atoms with Crippen molar-refractivity contribution < 1.29 is 9.47 Å². The van der Waals surface area contributed by atoms with Crippen molar-refractivity contribution in [2.45, 2.75) is 0 Å². The van der Waals surface area contributed by atoms with Crippen molar-refractivity contribution in [1.82, 2.24) is 0 Å². The molecule has 0 amide bonds. The van der Waals surface area contributed by atoms with Crippen LogP contribution >= 0.6 is 0 Å². The number of ether oxygens (including phenoxy) is 2. The number of rotatable bonds is 2. The second-order valence-corrected chi connectivity index (χ2v) is 12.4. The first-order valence-electron chi connectivity index (χ1n) is 16.1. The number of fused-ring (bicyclic) bond motifs is 8. The molecule has 4 nitrogen and oxygen atoms in total. The molecule has 0 aromatic heterocycles. The molecule has 47 heavy (non-hydrogen) atoms. The van der Waals surface area contributed by atoms with Crippen LogP contribution in [0.2, 0.25) is 0 Å². The van der Waals surface area contributed by atoms with E-state index < -0.39 is 0 Å². The van der Waals surface area contributed by atoms with E-state index in [1.165, 1.54) is 50.0 Å². The number of hydrogen-bond donors (Lipinski definition) is 0. The fourth-order valence-corrected chi connectivity index (χ4v) is 8.18. The monoisotopic (exact) mass is 600 g/mol. The van der Waals surface area contributed by atoms with Gasteiger partial charge in [-0.15, -0.1) is 0 Å². The predicted molar refractivity (Wildman–Crippen MR) is 191 cm³/mol. The third-order valence-corrected chi connectivity index (χ3v) is 10.00. The first-order chi connectivity index (χ1) is 23.3. The Bertz CT molecular complexity index is 2280. The Morgan fingerprint density at radius 2 is 0.809 bits per heavy atom. The van der Waals surface area contributed by atoms with Gasteiger partial charge in [-0.25, -0.2) is 0 Å². The Morgan fingerprint density at radius 3 is 1.30 bits per heavy atom. The molecule has 0 unspecified atom stereocenters. The second-order valence-electron chi connectivity index (χ2n) is 12.4. The molecule has 0 radical (unpaired) electrons. The van der Waals surface area contributed by atoms with E-state index in [-0.39, 0.29) is 6.71 Å². The summed E-state index contributed by atoms with van der Waals surface area (Å²) < 4.78 is 13.3. The van der Waals surface area contributed by atoms with Crippen LogP contribution in [0.25, 0.3) is 22.3 Å². The molecule has 5 heteroatoms. The van der Waals surface area contributed by atoms with Crippen molar-refractivity contribution >= 4 is 57.2 Å². The molecule has 7 aromatic carbocycles. The van der Waals surface area contributed by atoms with Crippen LogP contribution in [0.3, 0.4) is 0 Å². The van der Waals surface area contributed by atoms with Crippen molar-refractivity contribution in [3.63, 3.8) is 0 Å². The molecule has 4 aliphatic heterocycles. The summed E-state index contributed by atoms with van der Waals surface area (Å²) in [5.74, 6) is 3.44. The lowest BCUT2D eigenvalue weighted by Crippen LogP contribution is -2.62. The number of hydrogen-bond acceptors (Lipinski definition) is 4. The second kappa shape index (κ2) is 9.18. The van der Waals surface area contributed by atoms with Gasteiger partial charge >= 0.3 is 0 Å². The van der Waals surface area contributed by atoms with E-state index in [1.54, 1.807) is 0 Å². The molecule has 0 spiro atoms. The van der Waals surface area contributed by atoms with E-state index in [1.807, 2.05) is 0 Å². The zero-order valence-corrected chi connectivity index (χ0v) is 25.2. The van der Waals surface area contributed by atoms with Crippen molar-refractivity contribution in [2.24, 2.45) is 0 Å². The lowest BCUT2D eigenvalue weighted by Gasteiger charge is -2.48. The van der Waals surface area contributed by atoms with Crippen molar-refractivity contribution in [2.75, 3.05) is 9.80 Å². The molecule has 0 saturated heterocycles. The molecular formula is C42H25BN2O2. The minimum Gasteiger partial charge on any atom is -0.453 e. The van der Waals surface area contributed by atoms with Gasteiger partial charge in [0.05, 0.1) is 34.1 Å². The molecular weight excluding hydrogens is 575 g/mol. The lowest BCUT2D eigenvalue weighted by molar-refractivity contribution is 0.477. The fraction of sp³-hybridized carbons (Fsp3) is 0. The van der Waals surface area contributed by atoms with Crippen LogP contribution in [0.1, 0.15) is 0 Å². The van der Waals surface area contributed by atoms with Gasteiger partial charge in [0.2, 0.25) is 0 Å². The Labute approximate surface area is 272 Å². The van der Waals surface area contributed by atoms with E-state index in [0.29, 0.717) is 0 Å². The van der Waals surface area contributed by atoms with Crippen molar-refractivity contribution in [3.8, 4) is 45.3 Å². The number of nitrogens with zero attached hydrogens (tertiary/aromatic N) is 2. The summed E-state index contributed by atoms with van der Waals surface area (Å²) in [6.45, 7) is -0.0498. The quantitative estimate of drug-likeness (QED) is 0.185. The van der Waals surface area contributed by atoms with Gasteiger partial charge in [0, 0.05) is 11.1 Å². The largest absolute Gasteiger partial charge is 0.453 e. The van der Waals surface area contributed by atoms with Crippen molar-refractivity contribution in [1.29, 1.82) is 0 Å². The highest BCUT2D eigenvalue weighted by Gasteiger charge is 2.49. The smallest absolute Gasteiger partial charge is 0.252 e. The van der Waals surface area contributed by atoms with Gasteiger partial charge in [-0.1, -0.05) is 109 Å². The Hall–Kier alpha value is -6.20. The maximum absolute atomic E-state index is 6.65. The average molecular weight is 600 g/mol. The summed E-state index contributed by atoms with van der Waals surface area (Å²) in [6.07, 6.45) is 0. The minimum atomic E-state index is -0.0498. The van der Waals surface area contributed by atoms with E-state index in [9.17, 15) is 0 Å². The van der Waals surface area contributed by atoms with E-state index in [0.717, 1.165) is 45.7 Å². The van der Waals surface area contributed by atoms with Crippen LogP contribution in [0.4, 0.5) is 34.1 Å². The Morgan fingerprint density at radius 1 is 0.383 bits per heavy atom. The topological polar surface area (TPSA) is 24.9 Å². The van der Waals surface area contributed by atoms with Gasteiger partial charge in [0.15, 0.2) is 23.0 Å². The molecule has 11 rings (SSSR count). The zero-order chi connectivity index (χ0) is 30.6. The van der Waals surface area contributed by atoms with E-state index >= 15 is 0 Å². The Balaban J connectivity index is 1.37. The standard InChI is InChI=1S/C42H25BN2O2/c1-3-13-26(14-4-1)28-25-29(27-15-5-2-6-16-27)40-38-39(28)44-32-19-7-9-21-34(32)46-36-23-11-17-30(41(36)44)43(38)31-18-12-24-37-42(31)45(40)33-20-8-10-22-35(33)47-37/h1-25H. The molecule has 0 N–H and O–H groups in total. The van der Waals surface area contributed by atoms with E-state index in [2.05, 4.69) is 161 Å². The van der Waals surface area contributed by atoms with Crippen LogP contribution in [0.5, 0.6) is 23.0 Å². The first kappa shape index (κ1) is 25.0. The highest BCUT2D eigenvalue weighted by atomic mass is 16.5. The van der Waals surface area contributed by atoms with Crippen LogP contribution in [-0.4, -0.2) is 6.71 Å². The summed E-state index contributed by atoms with van der Waals surface area (Å²) in [4.78, 5) is 4.94. The minimum absolute atomic E-state index is 0.0498. The van der Waals surface area contributed by atoms with Crippen LogP contribution in [0.15, 0.2) is 152 Å². The summed E-state index contributed by atoms with van der Waals surface area (Å²) in [6, 6.07) is 53.9. The highest BCUT2D eigenvalue weighted by Crippen LogP contribution is 2.59. The molecule has 218 valence electrons. The molecule has 7 aromatic rings. The average Bonchev–Trinajstić information content (AvgIpc) is 3.14. The number of anilines is 6. The molecule has 4 heterocycles. The summed E-state index contributed by atoms with van der Waals surface area (Å²) in [7, 11) is 0. The predicted octanol–water partition coefficient (Wildman–Crippen LogP) is 9.31. The van der Waals surface area contributed by atoms with Crippen molar-refractivity contribution in [3.05, 3.63) is 152 Å². The van der Waals surface area contributed by atoms with Gasteiger partial charge in [-0.2, -0.15) is 0 Å². The molecule has 0 bridgehead atoms. The normalized spacial score (nSPS) is 13.7. The molecule has 0 aliphatic carbocycles. The highest BCUT2D eigenvalue weighted by molar-refractivity contribution is 7.00. The number of para-hydroxylation sites is 6. The third-order valence-electron chi connectivity index (χ3n) is 10.00. The Kier molecular flexibility index (Phi) is 4.89. The van der Waals surface area contributed by atoms with Crippen LogP contribution in [-0.2, 0) is 0 Å². The lowest BCUT2D eigenvalue weighted by atomic mass is 9.33. The molecule has 0 atom stereocenters. The summed E-state index contributed by atoms with van der Waals surface area (Å²) in [5.41, 5.74) is 15.1. The SMILES string of the molecule is c1ccc(-c2cc(-c3ccccc3)c3c4c2N2c5ccccc5Oc5cccc(c52)B4c2cccc4c2N3c2ccccc2O4)cc1. The molecule has 0 saturated carbocycles. The fourth-order valence-electron chi connectivity index (χ4n) is 8.18. The van der Waals surface area contributed by atoms with Gasteiger partial charge in [-0.3, -0.25) is 0 Å². The maximum atomic E-state index is 6.65. The van der Waals surface area contributed by atoms with Gasteiger partial charge < -0.3 is 19.3 Å². The summed E-state index contributed by atoms with van der Waals surface area (Å²) >= 11 is 0. The van der Waals surface area contributed by atoms with Crippen LogP contribution < -0.4 is 35.7 Å². The summed E-state index contributed by atoms with van der Waals surface area (Å²) in [5, 5.41) is 0.